The van der Waals surface area contributed by atoms with Crippen LogP contribution < -0.4 is 5.32 Å². The van der Waals surface area contributed by atoms with Crippen LogP contribution in [0, 0.1) is 5.92 Å². The number of benzene rings is 1. The van der Waals surface area contributed by atoms with Crippen LogP contribution in [0.5, 0.6) is 0 Å². The van der Waals surface area contributed by atoms with Gasteiger partial charge in [0.15, 0.2) is 0 Å². The molecule has 1 aromatic heterocycles. The fourth-order valence-electron chi connectivity index (χ4n) is 2.66. The molecule has 0 spiro atoms. The van der Waals surface area contributed by atoms with Crippen molar-refractivity contribution in [1.82, 2.24) is 5.32 Å². The Hall–Kier alpha value is -0.860. The van der Waals surface area contributed by atoms with Gasteiger partial charge >= 0.3 is 0 Å². The summed E-state index contributed by atoms with van der Waals surface area (Å²) in [5.74, 6) is 0.699. The zero-order valence-electron chi connectivity index (χ0n) is 12.3. The van der Waals surface area contributed by atoms with E-state index in [1.807, 2.05) is 11.3 Å². The summed E-state index contributed by atoms with van der Waals surface area (Å²) in [4.78, 5) is 1.50. The normalized spacial score (nSPS) is 14.7. The van der Waals surface area contributed by atoms with Crippen LogP contribution in [0.3, 0.4) is 0 Å². The maximum absolute atomic E-state index is 3.74. The van der Waals surface area contributed by atoms with Gasteiger partial charge in [-0.3, -0.25) is 0 Å². The Morgan fingerprint density at radius 1 is 1.16 bits per heavy atom. The zero-order valence-corrected chi connectivity index (χ0v) is 13.1. The van der Waals surface area contributed by atoms with Crippen LogP contribution in [0.4, 0.5) is 0 Å². The van der Waals surface area contributed by atoms with E-state index in [0.29, 0.717) is 12.0 Å². The summed E-state index contributed by atoms with van der Waals surface area (Å²) in [5.41, 5.74) is 0. The van der Waals surface area contributed by atoms with E-state index in [4.69, 9.17) is 0 Å². The van der Waals surface area contributed by atoms with E-state index in [9.17, 15) is 0 Å². The summed E-state index contributed by atoms with van der Waals surface area (Å²) < 4.78 is 1.41. The Morgan fingerprint density at radius 3 is 2.63 bits per heavy atom. The number of thiophene rings is 1. The molecule has 0 aliphatic rings. The van der Waals surface area contributed by atoms with Crippen molar-refractivity contribution >= 4 is 21.4 Å². The summed E-state index contributed by atoms with van der Waals surface area (Å²) in [5, 5.41) is 5.13. The molecule has 104 valence electrons. The quantitative estimate of drug-likeness (QED) is 0.715. The van der Waals surface area contributed by atoms with Crippen LogP contribution in [-0.2, 0) is 0 Å². The standard InChI is InChI=1S/C17H25NS/c1-4-8-13(3)17(18-11-5-2)16-12-14-9-6-7-10-15(14)19-16/h6-7,9-10,12-13,17-18H,4-5,8,11H2,1-3H3. The number of nitrogens with one attached hydrogen (secondary N) is 1. The van der Waals surface area contributed by atoms with Gasteiger partial charge in [-0.1, -0.05) is 45.4 Å². The highest BCUT2D eigenvalue weighted by Crippen LogP contribution is 2.34. The molecule has 19 heavy (non-hydrogen) atoms. The molecule has 0 saturated heterocycles. The first-order chi connectivity index (χ1) is 9.26. The monoisotopic (exact) mass is 275 g/mol. The van der Waals surface area contributed by atoms with Gasteiger partial charge in [-0.25, -0.2) is 0 Å². The minimum absolute atomic E-state index is 0.511. The van der Waals surface area contributed by atoms with Gasteiger partial charge in [0.05, 0.1) is 0 Å². The second-order valence-corrected chi connectivity index (χ2v) is 6.50. The van der Waals surface area contributed by atoms with E-state index in [0.717, 1.165) is 6.54 Å². The summed E-state index contributed by atoms with van der Waals surface area (Å²) in [6.07, 6.45) is 3.74. The van der Waals surface area contributed by atoms with Gasteiger partial charge in [-0.05, 0) is 42.8 Å². The molecule has 0 fully saturated rings. The first-order valence-corrected chi connectivity index (χ1v) is 8.29. The third-order valence-corrected chi connectivity index (χ3v) is 4.88. The maximum Gasteiger partial charge on any atom is 0.0441 e. The average molecular weight is 275 g/mol. The molecule has 0 amide bonds. The average Bonchev–Trinajstić information content (AvgIpc) is 2.83. The first-order valence-electron chi connectivity index (χ1n) is 7.48. The molecule has 1 heterocycles. The zero-order chi connectivity index (χ0) is 13.7. The van der Waals surface area contributed by atoms with Crippen molar-refractivity contribution in [3.63, 3.8) is 0 Å². The first kappa shape index (κ1) is 14.5. The maximum atomic E-state index is 3.74. The molecule has 0 aliphatic heterocycles. The van der Waals surface area contributed by atoms with E-state index in [1.54, 1.807) is 0 Å². The van der Waals surface area contributed by atoms with Crippen molar-refractivity contribution in [3.8, 4) is 0 Å². The number of hydrogen-bond acceptors (Lipinski definition) is 2. The third kappa shape index (κ3) is 3.58. The summed E-state index contributed by atoms with van der Waals surface area (Å²) in [6, 6.07) is 11.6. The van der Waals surface area contributed by atoms with Crippen LogP contribution in [0.1, 0.15) is 51.0 Å². The predicted octanol–water partition coefficient (Wildman–Crippen LogP) is 5.38. The summed E-state index contributed by atoms with van der Waals surface area (Å²) in [6.45, 7) is 7.99. The highest BCUT2D eigenvalue weighted by atomic mass is 32.1. The molecule has 2 rings (SSSR count). The molecule has 0 bridgehead atoms. The summed E-state index contributed by atoms with van der Waals surface area (Å²) >= 11 is 1.95. The predicted molar refractivity (Wildman–Crippen MR) is 86.9 cm³/mol. The van der Waals surface area contributed by atoms with Crippen molar-refractivity contribution in [1.29, 1.82) is 0 Å². The SMILES string of the molecule is CCCNC(c1cc2ccccc2s1)C(C)CCC. The minimum Gasteiger partial charge on any atom is -0.309 e. The van der Waals surface area contributed by atoms with Gasteiger partial charge in [-0.2, -0.15) is 0 Å². The molecular formula is C17H25NS. The smallest absolute Gasteiger partial charge is 0.0441 e. The second kappa shape index (κ2) is 7.06. The molecule has 2 aromatic rings. The molecule has 2 atom stereocenters. The van der Waals surface area contributed by atoms with E-state index >= 15 is 0 Å². The van der Waals surface area contributed by atoms with Crippen molar-refractivity contribution in [3.05, 3.63) is 35.2 Å². The van der Waals surface area contributed by atoms with Crippen molar-refractivity contribution < 1.29 is 0 Å². The Morgan fingerprint density at radius 2 is 1.95 bits per heavy atom. The molecular weight excluding hydrogens is 250 g/mol. The number of rotatable bonds is 7. The highest BCUT2D eigenvalue weighted by Gasteiger charge is 2.20. The lowest BCUT2D eigenvalue weighted by Gasteiger charge is -2.24. The van der Waals surface area contributed by atoms with E-state index < -0.39 is 0 Å². The van der Waals surface area contributed by atoms with Gasteiger partial charge < -0.3 is 5.32 Å². The molecule has 1 nitrogen and oxygen atoms in total. The molecule has 0 saturated carbocycles. The van der Waals surface area contributed by atoms with Crippen molar-refractivity contribution in [2.45, 2.75) is 46.1 Å². The van der Waals surface area contributed by atoms with Gasteiger partial charge in [0.1, 0.15) is 0 Å². The molecule has 1 aromatic carbocycles. The van der Waals surface area contributed by atoms with Crippen LogP contribution in [0.15, 0.2) is 30.3 Å². The van der Waals surface area contributed by atoms with Crippen LogP contribution in [0.25, 0.3) is 10.1 Å². The summed E-state index contributed by atoms with van der Waals surface area (Å²) in [7, 11) is 0. The molecule has 1 N–H and O–H groups in total. The lowest BCUT2D eigenvalue weighted by molar-refractivity contribution is 0.368. The number of fused-ring (bicyclic) bond motifs is 1. The molecule has 0 aliphatic carbocycles. The topological polar surface area (TPSA) is 12.0 Å². The molecule has 0 radical (unpaired) electrons. The Labute approximate surface area is 121 Å². The van der Waals surface area contributed by atoms with Crippen LogP contribution >= 0.6 is 11.3 Å². The Balaban J connectivity index is 2.25. The fourth-order valence-corrected chi connectivity index (χ4v) is 3.93. The largest absolute Gasteiger partial charge is 0.309 e. The third-order valence-electron chi connectivity index (χ3n) is 3.68. The van der Waals surface area contributed by atoms with E-state index in [1.165, 1.54) is 34.2 Å². The lowest BCUT2D eigenvalue weighted by atomic mass is 9.95. The number of hydrogen-bond donors (Lipinski definition) is 1. The fraction of sp³-hybridized carbons (Fsp3) is 0.529. The van der Waals surface area contributed by atoms with Gasteiger partial charge in [-0.15, -0.1) is 11.3 Å². The van der Waals surface area contributed by atoms with Crippen molar-refractivity contribution in [2.24, 2.45) is 5.92 Å². The van der Waals surface area contributed by atoms with E-state index in [-0.39, 0.29) is 0 Å². The van der Waals surface area contributed by atoms with Gasteiger partial charge in [0.2, 0.25) is 0 Å². The van der Waals surface area contributed by atoms with E-state index in [2.05, 4.69) is 56.4 Å². The Bertz CT molecular complexity index is 470. The lowest BCUT2D eigenvalue weighted by Crippen LogP contribution is -2.27. The molecule has 2 heteroatoms. The highest BCUT2D eigenvalue weighted by molar-refractivity contribution is 7.19. The second-order valence-electron chi connectivity index (χ2n) is 5.38. The molecule has 2 unspecified atom stereocenters. The van der Waals surface area contributed by atoms with Gasteiger partial charge in [0.25, 0.3) is 0 Å². The van der Waals surface area contributed by atoms with Crippen LogP contribution in [0.2, 0.25) is 0 Å². The van der Waals surface area contributed by atoms with Gasteiger partial charge in [0, 0.05) is 15.6 Å². The minimum atomic E-state index is 0.511. The Kier molecular flexibility index (Phi) is 5.41. The van der Waals surface area contributed by atoms with Crippen molar-refractivity contribution in [2.75, 3.05) is 6.54 Å². The van der Waals surface area contributed by atoms with Crippen LogP contribution in [-0.4, -0.2) is 6.54 Å².